The van der Waals surface area contributed by atoms with Crippen molar-refractivity contribution in [3.05, 3.63) is 48.6 Å². The molecule has 0 aliphatic heterocycles. The smallest absolute Gasteiger partial charge is 0.249 e. The first-order chi connectivity index (χ1) is 24.5. The summed E-state index contributed by atoms with van der Waals surface area (Å²) in [5.74, 6) is -0.612. The van der Waals surface area contributed by atoms with Gasteiger partial charge in [0.25, 0.3) is 0 Å². The first kappa shape index (κ1) is 48.3. The highest BCUT2D eigenvalue weighted by Gasteiger charge is 2.28. The molecule has 0 aromatic rings. The van der Waals surface area contributed by atoms with Crippen LogP contribution in [0.15, 0.2) is 48.6 Å². The highest BCUT2D eigenvalue weighted by Crippen LogP contribution is 2.14. The average Bonchev–Trinajstić information content (AvgIpc) is 3.12. The predicted octanol–water partition coefficient (Wildman–Crippen LogP) is 10.7. The van der Waals surface area contributed by atoms with Gasteiger partial charge < -0.3 is 25.7 Å². The summed E-state index contributed by atoms with van der Waals surface area (Å²) in [4.78, 5) is 12.5. The molecule has 0 heterocycles. The van der Waals surface area contributed by atoms with Gasteiger partial charge in [0.2, 0.25) is 5.91 Å². The third kappa shape index (κ3) is 32.2. The molecule has 0 aromatic carbocycles. The van der Waals surface area contributed by atoms with E-state index in [-0.39, 0.29) is 0 Å². The molecule has 0 aliphatic carbocycles. The summed E-state index contributed by atoms with van der Waals surface area (Å²) in [6.45, 7) is 3.98. The summed E-state index contributed by atoms with van der Waals surface area (Å²) in [5, 5.41) is 43.5. The lowest BCUT2D eigenvalue weighted by Crippen LogP contribution is -2.53. The highest BCUT2D eigenvalue weighted by atomic mass is 16.3. The van der Waals surface area contributed by atoms with E-state index < -0.39 is 36.9 Å². The molecule has 4 unspecified atom stereocenters. The SMILES string of the molecule is CCCCC/C=C\C=C/CCCCCCCC(O)C(=O)NC(CO)C(O)C(O)CCC/C=C/CC/C=C/CCCCCCCCCCCCC. The van der Waals surface area contributed by atoms with Gasteiger partial charge in [-0.05, 0) is 77.0 Å². The molecule has 0 rings (SSSR count). The van der Waals surface area contributed by atoms with E-state index in [1.807, 2.05) is 0 Å². The first-order valence-corrected chi connectivity index (χ1v) is 21.0. The molecule has 0 spiro atoms. The van der Waals surface area contributed by atoms with Crippen molar-refractivity contribution in [2.45, 2.75) is 218 Å². The van der Waals surface area contributed by atoms with Crippen LogP contribution in [0.3, 0.4) is 0 Å². The lowest BCUT2D eigenvalue weighted by molar-refractivity contribution is -0.132. The van der Waals surface area contributed by atoms with Crippen LogP contribution in [0.5, 0.6) is 0 Å². The Hall–Kier alpha value is -1.73. The molecule has 0 saturated heterocycles. The summed E-state index contributed by atoms with van der Waals surface area (Å²) >= 11 is 0. The molecule has 5 N–H and O–H groups in total. The Morgan fingerprint density at radius 3 is 1.42 bits per heavy atom. The Morgan fingerprint density at radius 1 is 0.500 bits per heavy atom. The van der Waals surface area contributed by atoms with E-state index >= 15 is 0 Å². The van der Waals surface area contributed by atoms with Crippen molar-refractivity contribution in [2.75, 3.05) is 6.61 Å². The van der Waals surface area contributed by atoms with E-state index in [0.717, 1.165) is 64.2 Å². The van der Waals surface area contributed by atoms with Gasteiger partial charge in [-0.25, -0.2) is 0 Å². The number of allylic oxidation sites excluding steroid dienone is 8. The molecular weight excluding hydrogens is 622 g/mol. The Kier molecular flexibility index (Phi) is 37.2. The van der Waals surface area contributed by atoms with Crippen molar-refractivity contribution in [1.29, 1.82) is 0 Å². The second kappa shape index (κ2) is 38.5. The molecule has 0 radical (unpaired) electrons. The lowest BCUT2D eigenvalue weighted by Gasteiger charge is -2.27. The Bertz CT molecular complexity index is 838. The minimum Gasteiger partial charge on any atom is -0.394 e. The Labute approximate surface area is 309 Å². The molecule has 0 bridgehead atoms. The molecule has 0 fully saturated rings. The number of hydrogen-bond donors (Lipinski definition) is 5. The van der Waals surface area contributed by atoms with Crippen molar-refractivity contribution in [2.24, 2.45) is 0 Å². The van der Waals surface area contributed by atoms with Gasteiger partial charge >= 0.3 is 0 Å². The molecule has 0 saturated carbocycles. The first-order valence-electron chi connectivity index (χ1n) is 21.0. The number of rotatable bonds is 37. The van der Waals surface area contributed by atoms with Gasteiger partial charge in [-0.1, -0.05) is 165 Å². The van der Waals surface area contributed by atoms with Gasteiger partial charge in [-0.2, -0.15) is 0 Å². The monoisotopic (exact) mass is 704 g/mol. The zero-order valence-electron chi connectivity index (χ0n) is 32.6. The minimum atomic E-state index is -1.30. The fourth-order valence-electron chi connectivity index (χ4n) is 6.12. The standard InChI is InChI=1S/C44H81NO5/c1-3-5-7-9-11-13-15-17-19-20-21-22-23-24-26-27-29-31-33-35-37-41(47)43(49)40(39-46)45-44(50)42(48)38-36-34-32-30-28-25-18-16-14-12-10-8-6-4-2/h12,14,16,18,23-24,29,31,40-43,46-49H,3-11,13,15,17,19-22,25-28,30,32-39H2,1-2H3,(H,45,50)/b14-12-,18-16-,24-23+,31-29+. The second-order valence-corrected chi connectivity index (χ2v) is 14.3. The zero-order chi connectivity index (χ0) is 36.8. The Balaban J connectivity index is 3.86. The average molecular weight is 704 g/mol. The van der Waals surface area contributed by atoms with Crippen LogP contribution in [0.4, 0.5) is 0 Å². The van der Waals surface area contributed by atoms with Crippen molar-refractivity contribution in [1.82, 2.24) is 5.32 Å². The van der Waals surface area contributed by atoms with Crippen molar-refractivity contribution >= 4 is 5.91 Å². The van der Waals surface area contributed by atoms with E-state index in [0.29, 0.717) is 19.3 Å². The van der Waals surface area contributed by atoms with Crippen molar-refractivity contribution in [3.63, 3.8) is 0 Å². The van der Waals surface area contributed by atoms with Crippen LogP contribution in [0.2, 0.25) is 0 Å². The molecule has 4 atom stereocenters. The fourth-order valence-corrected chi connectivity index (χ4v) is 6.12. The molecule has 0 aliphatic rings. The number of aliphatic hydroxyl groups excluding tert-OH is 4. The summed E-state index contributed by atoms with van der Waals surface area (Å²) in [7, 11) is 0. The second-order valence-electron chi connectivity index (χ2n) is 14.3. The third-order valence-corrected chi connectivity index (χ3v) is 9.52. The Morgan fingerprint density at radius 2 is 0.900 bits per heavy atom. The van der Waals surface area contributed by atoms with Crippen LogP contribution in [0.25, 0.3) is 0 Å². The van der Waals surface area contributed by atoms with Gasteiger partial charge in [-0.3, -0.25) is 4.79 Å². The highest BCUT2D eigenvalue weighted by molar-refractivity contribution is 5.80. The molecule has 292 valence electrons. The van der Waals surface area contributed by atoms with E-state index in [1.165, 1.54) is 96.3 Å². The van der Waals surface area contributed by atoms with Crippen LogP contribution >= 0.6 is 0 Å². The number of aliphatic hydroxyl groups is 4. The summed E-state index contributed by atoms with van der Waals surface area (Å²) < 4.78 is 0. The number of unbranched alkanes of at least 4 members (excludes halogenated alkanes) is 21. The predicted molar refractivity (Wildman–Crippen MR) is 214 cm³/mol. The van der Waals surface area contributed by atoms with E-state index in [2.05, 4.69) is 67.8 Å². The number of carbonyl (C=O) groups is 1. The van der Waals surface area contributed by atoms with Gasteiger partial charge in [0.15, 0.2) is 0 Å². The molecule has 6 heteroatoms. The largest absolute Gasteiger partial charge is 0.394 e. The van der Waals surface area contributed by atoms with E-state index in [9.17, 15) is 25.2 Å². The maximum Gasteiger partial charge on any atom is 0.249 e. The van der Waals surface area contributed by atoms with E-state index in [1.54, 1.807) is 0 Å². The number of nitrogens with one attached hydrogen (secondary N) is 1. The van der Waals surface area contributed by atoms with Crippen LogP contribution in [-0.2, 0) is 4.79 Å². The topological polar surface area (TPSA) is 110 Å². The molecule has 50 heavy (non-hydrogen) atoms. The third-order valence-electron chi connectivity index (χ3n) is 9.52. The molecule has 1 amide bonds. The normalized spacial score (nSPS) is 14.8. The molecule has 0 aromatic heterocycles. The van der Waals surface area contributed by atoms with Gasteiger partial charge in [0, 0.05) is 0 Å². The molecular formula is C44H81NO5. The maximum absolute atomic E-state index is 12.5. The van der Waals surface area contributed by atoms with E-state index in [4.69, 9.17) is 0 Å². The fraction of sp³-hybridized carbons (Fsp3) is 0.795. The summed E-state index contributed by atoms with van der Waals surface area (Å²) in [6, 6.07) is -1.01. The minimum absolute atomic E-state index is 0.340. The summed E-state index contributed by atoms with van der Waals surface area (Å²) in [5.41, 5.74) is 0. The van der Waals surface area contributed by atoms with Crippen molar-refractivity contribution in [3.8, 4) is 0 Å². The number of carbonyl (C=O) groups excluding carboxylic acids is 1. The maximum atomic E-state index is 12.5. The van der Waals surface area contributed by atoms with Crippen LogP contribution in [0.1, 0.15) is 194 Å². The molecule has 6 nitrogen and oxygen atoms in total. The lowest BCUT2D eigenvalue weighted by atomic mass is 10.00. The van der Waals surface area contributed by atoms with Crippen LogP contribution in [-0.4, -0.2) is 57.3 Å². The van der Waals surface area contributed by atoms with Gasteiger partial charge in [0.05, 0.1) is 18.8 Å². The van der Waals surface area contributed by atoms with Gasteiger partial charge in [0.1, 0.15) is 12.2 Å². The number of hydrogen-bond acceptors (Lipinski definition) is 5. The number of amides is 1. The zero-order valence-corrected chi connectivity index (χ0v) is 32.6. The van der Waals surface area contributed by atoms with Gasteiger partial charge in [-0.15, -0.1) is 0 Å². The summed E-state index contributed by atoms with van der Waals surface area (Å²) in [6.07, 6.45) is 45.6. The van der Waals surface area contributed by atoms with Crippen LogP contribution < -0.4 is 5.32 Å². The van der Waals surface area contributed by atoms with Crippen molar-refractivity contribution < 1.29 is 25.2 Å². The van der Waals surface area contributed by atoms with Crippen LogP contribution in [0, 0.1) is 0 Å². The quantitative estimate of drug-likeness (QED) is 0.0251.